The average molecular weight is 178 g/mol. The van der Waals surface area contributed by atoms with Gasteiger partial charge in [0.15, 0.2) is 5.12 Å². The van der Waals surface area contributed by atoms with Crippen molar-refractivity contribution in [3.05, 3.63) is 0 Å². The minimum atomic E-state index is -0.230. The number of carbonyl (C=O) groups excluding carboxylic acids is 1. The van der Waals surface area contributed by atoms with E-state index in [9.17, 15) is 9.18 Å². The van der Waals surface area contributed by atoms with Crippen LogP contribution in [-0.2, 0) is 4.79 Å². The molecule has 0 N–H and O–H groups in total. The summed E-state index contributed by atoms with van der Waals surface area (Å²) in [5.41, 5.74) is 0. The minimum Gasteiger partial charge on any atom is -0.287 e. The maximum absolute atomic E-state index is 11.6. The van der Waals surface area contributed by atoms with Crippen molar-refractivity contribution >= 4 is 16.9 Å². The summed E-state index contributed by atoms with van der Waals surface area (Å²) in [5.74, 6) is 0.854. The van der Waals surface area contributed by atoms with Crippen LogP contribution in [-0.4, -0.2) is 17.5 Å². The van der Waals surface area contributed by atoms with Gasteiger partial charge in [0.1, 0.15) is 0 Å². The first-order valence-electron chi connectivity index (χ1n) is 4.02. The number of carbonyl (C=O) groups is 1. The van der Waals surface area contributed by atoms with Crippen LogP contribution in [0.15, 0.2) is 0 Å². The molecule has 0 unspecified atom stereocenters. The highest BCUT2D eigenvalue weighted by molar-refractivity contribution is 8.13. The summed E-state index contributed by atoms with van der Waals surface area (Å²) in [6, 6.07) is 0. The van der Waals surface area contributed by atoms with Gasteiger partial charge in [0.2, 0.25) is 0 Å². The van der Waals surface area contributed by atoms with Crippen LogP contribution in [0.4, 0.5) is 4.39 Å². The molecule has 11 heavy (non-hydrogen) atoms. The quantitative estimate of drug-likeness (QED) is 0.582. The Morgan fingerprint density at radius 1 is 1.36 bits per heavy atom. The molecule has 0 rings (SSSR count). The fourth-order valence-corrected chi connectivity index (χ4v) is 1.44. The van der Waals surface area contributed by atoms with E-state index in [4.69, 9.17) is 0 Å². The van der Waals surface area contributed by atoms with Gasteiger partial charge in [0.25, 0.3) is 0 Å². The molecule has 0 aromatic rings. The SMILES string of the molecule is CCC(=O)SCCCCCF. The molecule has 0 aliphatic carbocycles. The highest BCUT2D eigenvalue weighted by Gasteiger charge is 1.97. The summed E-state index contributed by atoms with van der Waals surface area (Å²) in [5, 5.41) is 0.241. The number of hydrogen-bond acceptors (Lipinski definition) is 2. The van der Waals surface area contributed by atoms with Gasteiger partial charge in [-0.1, -0.05) is 25.1 Å². The van der Waals surface area contributed by atoms with Crippen molar-refractivity contribution < 1.29 is 9.18 Å². The van der Waals surface area contributed by atoms with Crippen molar-refractivity contribution in [3.63, 3.8) is 0 Å². The van der Waals surface area contributed by atoms with Gasteiger partial charge in [0, 0.05) is 12.2 Å². The Kier molecular flexibility index (Phi) is 8.01. The van der Waals surface area contributed by atoms with Gasteiger partial charge in [-0.3, -0.25) is 9.18 Å². The van der Waals surface area contributed by atoms with E-state index in [0.29, 0.717) is 12.8 Å². The van der Waals surface area contributed by atoms with Gasteiger partial charge in [-0.15, -0.1) is 0 Å². The number of unbranched alkanes of at least 4 members (excludes halogenated alkanes) is 2. The first-order chi connectivity index (χ1) is 5.31. The lowest BCUT2D eigenvalue weighted by atomic mass is 10.3. The topological polar surface area (TPSA) is 17.1 Å². The lowest BCUT2D eigenvalue weighted by molar-refractivity contribution is -0.110. The molecule has 0 spiro atoms. The van der Waals surface area contributed by atoms with Gasteiger partial charge >= 0.3 is 0 Å². The van der Waals surface area contributed by atoms with Gasteiger partial charge < -0.3 is 0 Å². The van der Waals surface area contributed by atoms with Crippen molar-refractivity contribution in [2.24, 2.45) is 0 Å². The first-order valence-corrected chi connectivity index (χ1v) is 5.01. The second kappa shape index (κ2) is 8.05. The lowest BCUT2D eigenvalue weighted by Gasteiger charge is -1.96. The van der Waals surface area contributed by atoms with E-state index < -0.39 is 0 Å². The molecule has 0 aromatic heterocycles. The Balaban J connectivity index is 2.95. The Labute approximate surface area is 71.7 Å². The summed E-state index contributed by atoms with van der Waals surface area (Å²) in [6.07, 6.45) is 3.11. The zero-order valence-electron chi connectivity index (χ0n) is 6.94. The smallest absolute Gasteiger partial charge is 0.188 e. The summed E-state index contributed by atoms with van der Waals surface area (Å²) in [6.45, 7) is 1.63. The van der Waals surface area contributed by atoms with Gasteiger partial charge in [-0.2, -0.15) is 0 Å². The van der Waals surface area contributed by atoms with E-state index in [1.807, 2.05) is 6.92 Å². The number of halogens is 1. The summed E-state index contributed by atoms with van der Waals surface area (Å²) in [7, 11) is 0. The van der Waals surface area contributed by atoms with Crippen LogP contribution < -0.4 is 0 Å². The normalized spacial score (nSPS) is 10.0. The van der Waals surface area contributed by atoms with Gasteiger partial charge in [0.05, 0.1) is 6.67 Å². The van der Waals surface area contributed by atoms with Crippen LogP contribution in [0, 0.1) is 0 Å². The molecule has 0 radical (unpaired) electrons. The van der Waals surface area contributed by atoms with Gasteiger partial charge in [-0.25, -0.2) is 0 Å². The molecule has 0 aromatic carbocycles. The second-order valence-electron chi connectivity index (χ2n) is 2.32. The molecule has 0 fully saturated rings. The molecule has 0 aliphatic rings. The molecule has 0 aliphatic heterocycles. The summed E-state index contributed by atoms with van der Waals surface area (Å²) < 4.78 is 11.6. The summed E-state index contributed by atoms with van der Waals surface area (Å²) in [4.78, 5) is 10.7. The van der Waals surface area contributed by atoms with E-state index in [2.05, 4.69) is 0 Å². The highest BCUT2D eigenvalue weighted by Crippen LogP contribution is 2.08. The largest absolute Gasteiger partial charge is 0.287 e. The van der Waals surface area contributed by atoms with E-state index >= 15 is 0 Å². The van der Waals surface area contributed by atoms with E-state index in [1.54, 1.807) is 0 Å². The number of thioether (sulfide) groups is 1. The molecule has 0 heterocycles. The maximum atomic E-state index is 11.6. The monoisotopic (exact) mass is 178 g/mol. The highest BCUT2D eigenvalue weighted by atomic mass is 32.2. The van der Waals surface area contributed by atoms with Crippen LogP contribution in [0.2, 0.25) is 0 Å². The molecule has 0 bridgehead atoms. The van der Waals surface area contributed by atoms with Crippen LogP contribution in [0.5, 0.6) is 0 Å². The molecular formula is C8H15FOS. The number of hydrogen-bond donors (Lipinski definition) is 0. The van der Waals surface area contributed by atoms with Crippen LogP contribution in [0.3, 0.4) is 0 Å². The molecule has 1 nitrogen and oxygen atoms in total. The van der Waals surface area contributed by atoms with Crippen molar-refractivity contribution in [3.8, 4) is 0 Å². The third kappa shape index (κ3) is 7.85. The molecule has 0 saturated heterocycles. The first kappa shape index (κ1) is 11.0. The van der Waals surface area contributed by atoms with Crippen LogP contribution >= 0.6 is 11.8 Å². The Morgan fingerprint density at radius 2 is 2.09 bits per heavy atom. The maximum Gasteiger partial charge on any atom is 0.188 e. The summed E-state index contributed by atoms with van der Waals surface area (Å²) >= 11 is 1.37. The fraction of sp³-hybridized carbons (Fsp3) is 0.875. The molecule has 66 valence electrons. The van der Waals surface area contributed by atoms with E-state index in [0.717, 1.165) is 18.6 Å². The van der Waals surface area contributed by atoms with Gasteiger partial charge in [-0.05, 0) is 12.8 Å². The van der Waals surface area contributed by atoms with Crippen LogP contribution in [0.1, 0.15) is 32.6 Å². The average Bonchev–Trinajstić information content (AvgIpc) is 2.04. The lowest BCUT2D eigenvalue weighted by Crippen LogP contribution is -1.90. The van der Waals surface area contributed by atoms with Crippen molar-refractivity contribution in [2.75, 3.05) is 12.4 Å². The predicted molar refractivity (Wildman–Crippen MR) is 47.6 cm³/mol. The zero-order chi connectivity index (χ0) is 8.53. The van der Waals surface area contributed by atoms with Crippen molar-refractivity contribution in [1.29, 1.82) is 0 Å². The van der Waals surface area contributed by atoms with Crippen LogP contribution in [0.25, 0.3) is 0 Å². The molecule has 3 heteroatoms. The Bertz CT molecular complexity index is 106. The molecule has 0 amide bonds. The zero-order valence-corrected chi connectivity index (χ0v) is 7.75. The predicted octanol–water partition coefficient (Wildman–Crippen LogP) is 2.80. The number of alkyl halides is 1. The molecule has 0 saturated carbocycles. The number of rotatable bonds is 6. The Hall–Kier alpha value is -0.0500. The fourth-order valence-electron chi connectivity index (χ4n) is 0.661. The Morgan fingerprint density at radius 3 is 2.64 bits per heavy atom. The third-order valence-corrected chi connectivity index (χ3v) is 2.43. The standard InChI is InChI=1S/C8H15FOS/c1-2-8(10)11-7-5-3-4-6-9/h2-7H2,1H3. The second-order valence-corrected chi connectivity index (χ2v) is 3.48. The van der Waals surface area contributed by atoms with E-state index in [-0.39, 0.29) is 11.8 Å². The van der Waals surface area contributed by atoms with Crippen molar-refractivity contribution in [2.45, 2.75) is 32.6 Å². The molecule has 0 atom stereocenters. The minimum absolute atomic E-state index is 0.230. The van der Waals surface area contributed by atoms with E-state index in [1.165, 1.54) is 11.8 Å². The molecular weight excluding hydrogens is 163 g/mol. The van der Waals surface area contributed by atoms with Crippen molar-refractivity contribution in [1.82, 2.24) is 0 Å². The third-order valence-electron chi connectivity index (χ3n) is 1.33.